The first-order valence-corrected chi connectivity index (χ1v) is 10.6. The molecular weight excluding hydrogens is 376 g/mol. The zero-order valence-electron chi connectivity index (χ0n) is 16.7. The number of para-hydroxylation sites is 2. The van der Waals surface area contributed by atoms with Crippen LogP contribution in [0.3, 0.4) is 0 Å². The number of amides is 1. The summed E-state index contributed by atoms with van der Waals surface area (Å²) < 4.78 is 6.32. The number of pyridine rings is 1. The van der Waals surface area contributed by atoms with Gasteiger partial charge >= 0.3 is 0 Å². The Morgan fingerprint density at radius 1 is 1.07 bits per heavy atom. The molecule has 3 aromatic rings. The van der Waals surface area contributed by atoms with Crippen LogP contribution in [0.4, 0.5) is 0 Å². The first kappa shape index (κ1) is 17.6. The normalized spacial score (nSPS) is 22.3. The second kappa shape index (κ2) is 6.39. The SMILES string of the molecule is O=C1CC2(CCN(C(=O)c3c4c(nc5ccccc35)CCC4)C2)Oc2ccccc21. The minimum absolute atomic E-state index is 0.0403. The van der Waals surface area contributed by atoms with Gasteiger partial charge < -0.3 is 9.64 Å². The van der Waals surface area contributed by atoms with E-state index in [1.54, 1.807) is 0 Å². The largest absolute Gasteiger partial charge is 0.484 e. The Labute approximate surface area is 174 Å². The van der Waals surface area contributed by atoms with E-state index < -0.39 is 5.60 Å². The summed E-state index contributed by atoms with van der Waals surface area (Å²) in [7, 11) is 0. The summed E-state index contributed by atoms with van der Waals surface area (Å²) in [6.45, 7) is 1.04. The third-order valence-corrected chi connectivity index (χ3v) is 6.73. The van der Waals surface area contributed by atoms with Crippen LogP contribution in [0.25, 0.3) is 10.9 Å². The Kier molecular flexibility index (Phi) is 3.76. The average molecular weight is 398 g/mol. The first-order valence-electron chi connectivity index (χ1n) is 10.6. The molecule has 1 aliphatic carbocycles. The van der Waals surface area contributed by atoms with Gasteiger partial charge in [0.05, 0.1) is 29.6 Å². The minimum atomic E-state index is -0.618. The first-order chi connectivity index (χ1) is 14.6. The van der Waals surface area contributed by atoms with E-state index in [0.717, 1.165) is 47.0 Å². The minimum Gasteiger partial charge on any atom is -0.484 e. The van der Waals surface area contributed by atoms with Crippen LogP contribution in [0.15, 0.2) is 48.5 Å². The van der Waals surface area contributed by atoms with Gasteiger partial charge in [0, 0.05) is 24.0 Å². The quantitative estimate of drug-likeness (QED) is 0.622. The highest BCUT2D eigenvalue weighted by atomic mass is 16.5. The topological polar surface area (TPSA) is 59.5 Å². The molecule has 0 radical (unpaired) electrons. The predicted molar refractivity (Wildman–Crippen MR) is 113 cm³/mol. The molecule has 0 saturated carbocycles. The van der Waals surface area contributed by atoms with Crippen LogP contribution in [0, 0.1) is 0 Å². The summed E-state index contributed by atoms with van der Waals surface area (Å²) in [5.74, 6) is 0.776. The third-order valence-electron chi connectivity index (χ3n) is 6.73. The molecule has 1 aromatic heterocycles. The van der Waals surface area contributed by atoms with Crippen LogP contribution >= 0.6 is 0 Å². The van der Waals surface area contributed by atoms with Crippen LogP contribution in [0.5, 0.6) is 5.75 Å². The fourth-order valence-corrected chi connectivity index (χ4v) is 5.30. The number of Topliss-reactive ketones (excluding diaryl/α,β-unsaturated/α-hetero) is 1. The molecule has 5 nitrogen and oxygen atoms in total. The summed E-state index contributed by atoms with van der Waals surface area (Å²) in [5, 5.41) is 0.926. The maximum absolute atomic E-state index is 13.7. The number of benzene rings is 2. The van der Waals surface area contributed by atoms with E-state index in [1.165, 1.54) is 0 Å². The van der Waals surface area contributed by atoms with E-state index in [9.17, 15) is 9.59 Å². The number of hydrogen-bond acceptors (Lipinski definition) is 4. The van der Waals surface area contributed by atoms with Gasteiger partial charge in [-0.15, -0.1) is 0 Å². The molecular formula is C25H22N2O3. The van der Waals surface area contributed by atoms with E-state index >= 15 is 0 Å². The van der Waals surface area contributed by atoms with Crippen molar-refractivity contribution in [2.45, 2.75) is 37.7 Å². The number of rotatable bonds is 1. The van der Waals surface area contributed by atoms with E-state index in [2.05, 4.69) is 0 Å². The summed E-state index contributed by atoms with van der Waals surface area (Å²) in [5.41, 5.74) is 3.87. The van der Waals surface area contributed by atoms with Crippen molar-refractivity contribution < 1.29 is 14.3 Å². The molecule has 5 heteroatoms. The Hall–Kier alpha value is -3.21. The number of likely N-dealkylation sites (tertiary alicyclic amines) is 1. The maximum atomic E-state index is 13.7. The van der Waals surface area contributed by atoms with Crippen molar-refractivity contribution >= 4 is 22.6 Å². The van der Waals surface area contributed by atoms with Gasteiger partial charge in [-0.2, -0.15) is 0 Å². The Bertz CT molecular complexity index is 1220. The Morgan fingerprint density at radius 2 is 1.90 bits per heavy atom. The number of hydrogen-bond donors (Lipinski definition) is 0. The summed E-state index contributed by atoms with van der Waals surface area (Å²) in [6, 6.07) is 15.3. The molecule has 2 aromatic carbocycles. The maximum Gasteiger partial charge on any atom is 0.255 e. The number of fused-ring (bicyclic) bond motifs is 3. The lowest BCUT2D eigenvalue weighted by molar-refractivity contribution is 0.0428. The summed E-state index contributed by atoms with van der Waals surface area (Å²) in [6.07, 6.45) is 3.86. The molecule has 6 rings (SSSR count). The van der Waals surface area contributed by atoms with Crippen LogP contribution in [-0.2, 0) is 12.8 Å². The van der Waals surface area contributed by atoms with Gasteiger partial charge in [0.2, 0.25) is 0 Å². The molecule has 3 heterocycles. The molecule has 30 heavy (non-hydrogen) atoms. The summed E-state index contributed by atoms with van der Waals surface area (Å²) in [4.78, 5) is 33.1. The van der Waals surface area contributed by atoms with E-state index in [4.69, 9.17) is 9.72 Å². The zero-order chi connectivity index (χ0) is 20.3. The molecule has 1 spiro atoms. The van der Waals surface area contributed by atoms with Crippen LogP contribution in [-0.4, -0.2) is 40.3 Å². The number of aryl methyl sites for hydroxylation is 1. The molecule has 1 amide bonds. The van der Waals surface area contributed by atoms with Gasteiger partial charge in [0.15, 0.2) is 5.78 Å². The molecule has 150 valence electrons. The lowest BCUT2D eigenvalue weighted by atomic mass is 9.89. The number of nitrogens with zero attached hydrogens (tertiary/aromatic N) is 2. The summed E-state index contributed by atoms with van der Waals surface area (Å²) >= 11 is 0. The highest BCUT2D eigenvalue weighted by Gasteiger charge is 2.47. The van der Waals surface area contributed by atoms with Gasteiger partial charge in [0.25, 0.3) is 5.91 Å². The van der Waals surface area contributed by atoms with Gasteiger partial charge in [0.1, 0.15) is 11.4 Å². The van der Waals surface area contributed by atoms with Crippen LogP contribution in [0.2, 0.25) is 0 Å². The van der Waals surface area contributed by atoms with Gasteiger partial charge in [-0.1, -0.05) is 30.3 Å². The Morgan fingerprint density at radius 3 is 2.83 bits per heavy atom. The highest BCUT2D eigenvalue weighted by Crippen LogP contribution is 2.40. The van der Waals surface area contributed by atoms with Crippen molar-refractivity contribution in [1.29, 1.82) is 0 Å². The average Bonchev–Trinajstić information content (AvgIpc) is 3.38. The van der Waals surface area contributed by atoms with Gasteiger partial charge in [-0.25, -0.2) is 0 Å². The molecule has 2 aliphatic heterocycles. The number of ether oxygens (including phenoxy) is 1. The van der Waals surface area contributed by atoms with Gasteiger partial charge in [-0.05, 0) is 43.0 Å². The Balaban J connectivity index is 1.36. The number of carbonyl (C=O) groups is 2. The van der Waals surface area contributed by atoms with E-state index in [-0.39, 0.29) is 11.7 Å². The lowest BCUT2D eigenvalue weighted by Gasteiger charge is -2.34. The monoisotopic (exact) mass is 398 g/mol. The van der Waals surface area contributed by atoms with Crippen molar-refractivity contribution in [2.24, 2.45) is 0 Å². The molecule has 0 bridgehead atoms. The smallest absolute Gasteiger partial charge is 0.255 e. The fourth-order valence-electron chi connectivity index (χ4n) is 5.30. The molecule has 3 aliphatic rings. The molecule has 1 fully saturated rings. The number of ketones is 1. The van der Waals surface area contributed by atoms with Crippen molar-refractivity contribution in [2.75, 3.05) is 13.1 Å². The van der Waals surface area contributed by atoms with Crippen molar-refractivity contribution in [3.8, 4) is 5.75 Å². The van der Waals surface area contributed by atoms with Crippen LogP contribution < -0.4 is 4.74 Å². The van der Waals surface area contributed by atoms with Crippen LogP contribution in [0.1, 0.15) is 51.2 Å². The predicted octanol–water partition coefficient (Wildman–Crippen LogP) is 3.97. The zero-order valence-corrected chi connectivity index (χ0v) is 16.7. The number of aromatic nitrogens is 1. The van der Waals surface area contributed by atoms with Crippen molar-refractivity contribution in [3.05, 3.63) is 70.9 Å². The second-order valence-corrected chi connectivity index (χ2v) is 8.64. The molecule has 0 N–H and O–H groups in total. The van der Waals surface area contributed by atoms with E-state index in [0.29, 0.717) is 37.2 Å². The van der Waals surface area contributed by atoms with Crippen molar-refractivity contribution in [3.63, 3.8) is 0 Å². The molecule has 1 atom stereocenters. The number of carbonyl (C=O) groups excluding carboxylic acids is 2. The fraction of sp³-hybridized carbons (Fsp3) is 0.320. The second-order valence-electron chi connectivity index (χ2n) is 8.64. The standard InChI is InChI=1S/C25H22N2O3/c28-21-14-25(30-22-11-4-2-7-18(21)22)12-13-27(15-25)24(29)23-16-6-1-3-9-19(16)26-20-10-5-8-17(20)23/h1-4,6-7,9,11H,5,8,10,12-15H2. The molecule has 1 saturated heterocycles. The molecule has 1 unspecified atom stereocenters. The highest BCUT2D eigenvalue weighted by molar-refractivity contribution is 6.08. The van der Waals surface area contributed by atoms with Gasteiger partial charge in [-0.3, -0.25) is 14.6 Å². The van der Waals surface area contributed by atoms with E-state index in [1.807, 2.05) is 53.4 Å². The van der Waals surface area contributed by atoms with Crippen molar-refractivity contribution in [1.82, 2.24) is 9.88 Å². The lowest BCUT2D eigenvalue weighted by Crippen LogP contribution is -2.45. The third kappa shape index (κ3) is 2.58.